The molecular formula is C15H20Cl2N2O3S. The zero-order chi connectivity index (χ0) is 17.0. The standard InChI is InChI=1S/C15H20Cl2N2O3S/c1-2-18-15(20)12-4-3-7-19(9-12)23(21,22)10-11-5-6-13(16)14(17)8-11/h5-6,8,12H,2-4,7,9-10H2,1H3,(H,18,20)/t12-/m0/s1. The van der Waals surface area contributed by atoms with Gasteiger partial charge in [-0.3, -0.25) is 4.79 Å². The van der Waals surface area contributed by atoms with Crippen molar-refractivity contribution in [1.82, 2.24) is 9.62 Å². The fourth-order valence-electron chi connectivity index (χ4n) is 2.66. The molecule has 23 heavy (non-hydrogen) atoms. The van der Waals surface area contributed by atoms with Gasteiger partial charge in [0, 0.05) is 19.6 Å². The van der Waals surface area contributed by atoms with E-state index in [1.165, 1.54) is 4.31 Å². The normalized spacial score (nSPS) is 19.5. The van der Waals surface area contributed by atoms with Crippen molar-refractivity contribution in [3.8, 4) is 0 Å². The number of nitrogens with zero attached hydrogens (tertiary/aromatic N) is 1. The molecule has 0 unspecified atom stereocenters. The molecule has 1 aromatic rings. The van der Waals surface area contributed by atoms with Gasteiger partial charge in [0.05, 0.1) is 21.7 Å². The lowest BCUT2D eigenvalue weighted by atomic mass is 9.99. The van der Waals surface area contributed by atoms with Gasteiger partial charge in [0.25, 0.3) is 0 Å². The first-order chi connectivity index (χ1) is 10.8. The summed E-state index contributed by atoms with van der Waals surface area (Å²) in [5.74, 6) is -0.513. The van der Waals surface area contributed by atoms with E-state index in [1.54, 1.807) is 18.2 Å². The van der Waals surface area contributed by atoms with Gasteiger partial charge in [-0.1, -0.05) is 29.3 Å². The number of halogens is 2. The van der Waals surface area contributed by atoms with Crippen LogP contribution in [0.5, 0.6) is 0 Å². The number of piperidine rings is 1. The minimum atomic E-state index is -3.50. The van der Waals surface area contributed by atoms with E-state index in [4.69, 9.17) is 23.2 Å². The molecule has 1 saturated heterocycles. The first-order valence-corrected chi connectivity index (χ1v) is 9.89. The first-order valence-electron chi connectivity index (χ1n) is 7.53. The highest BCUT2D eigenvalue weighted by molar-refractivity contribution is 7.88. The summed E-state index contributed by atoms with van der Waals surface area (Å²) in [6.45, 7) is 3.07. The molecule has 1 heterocycles. The Morgan fingerprint density at radius 1 is 1.35 bits per heavy atom. The van der Waals surface area contributed by atoms with Gasteiger partial charge in [-0.15, -0.1) is 0 Å². The zero-order valence-electron chi connectivity index (χ0n) is 12.9. The summed E-state index contributed by atoms with van der Waals surface area (Å²) in [7, 11) is -3.50. The molecular weight excluding hydrogens is 359 g/mol. The predicted octanol–water partition coefficient (Wildman–Crippen LogP) is 2.67. The number of hydrogen-bond acceptors (Lipinski definition) is 3. The molecule has 8 heteroatoms. The van der Waals surface area contributed by atoms with E-state index >= 15 is 0 Å². The fraction of sp³-hybridized carbons (Fsp3) is 0.533. The van der Waals surface area contributed by atoms with Crippen molar-refractivity contribution >= 4 is 39.1 Å². The lowest BCUT2D eigenvalue weighted by Gasteiger charge is -2.31. The van der Waals surface area contributed by atoms with Gasteiger partial charge in [-0.2, -0.15) is 0 Å². The van der Waals surface area contributed by atoms with Crippen LogP contribution in [0.3, 0.4) is 0 Å². The number of hydrogen-bond donors (Lipinski definition) is 1. The Kier molecular flexibility index (Phi) is 6.31. The summed E-state index contributed by atoms with van der Waals surface area (Å²) in [5, 5.41) is 3.48. The number of rotatable bonds is 5. The molecule has 0 spiro atoms. The van der Waals surface area contributed by atoms with E-state index in [-0.39, 0.29) is 24.1 Å². The van der Waals surface area contributed by atoms with Crippen LogP contribution in [0.2, 0.25) is 10.0 Å². The van der Waals surface area contributed by atoms with Crippen molar-refractivity contribution in [2.45, 2.75) is 25.5 Å². The summed E-state index contributed by atoms with van der Waals surface area (Å²) in [4.78, 5) is 11.9. The summed E-state index contributed by atoms with van der Waals surface area (Å²) in [6, 6.07) is 4.80. The molecule has 5 nitrogen and oxygen atoms in total. The van der Waals surface area contributed by atoms with Gasteiger partial charge in [-0.05, 0) is 37.5 Å². The highest BCUT2D eigenvalue weighted by Crippen LogP contribution is 2.26. The van der Waals surface area contributed by atoms with Crippen LogP contribution in [-0.2, 0) is 20.6 Å². The van der Waals surface area contributed by atoms with E-state index in [2.05, 4.69) is 5.32 Å². The molecule has 1 aliphatic rings. The topological polar surface area (TPSA) is 66.5 Å². The Morgan fingerprint density at radius 3 is 2.74 bits per heavy atom. The third-order valence-electron chi connectivity index (χ3n) is 3.83. The van der Waals surface area contributed by atoms with Gasteiger partial charge in [0.2, 0.25) is 15.9 Å². The molecule has 128 valence electrons. The summed E-state index contributed by atoms with van der Waals surface area (Å²) < 4.78 is 26.6. The Hall–Kier alpha value is -0.820. The van der Waals surface area contributed by atoms with E-state index in [0.29, 0.717) is 41.5 Å². The van der Waals surface area contributed by atoms with Crippen molar-refractivity contribution < 1.29 is 13.2 Å². The number of carbonyl (C=O) groups excluding carboxylic acids is 1. The number of benzene rings is 1. The lowest BCUT2D eigenvalue weighted by molar-refractivity contribution is -0.125. The monoisotopic (exact) mass is 378 g/mol. The molecule has 1 amide bonds. The Bertz CT molecular complexity index is 679. The van der Waals surface area contributed by atoms with Crippen LogP contribution in [0.15, 0.2) is 18.2 Å². The van der Waals surface area contributed by atoms with Crippen molar-refractivity contribution in [3.05, 3.63) is 33.8 Å². The van der Waals surface area contributed by atoms with Crippen LogP contribution in [-0.4, -0.2) is 38.3 Å². The molecule has 0 aromatic heterocycles. The molecule has 1 aromatic carbocycles. The molecule has 1 atom stereocenters. The zero-order valence-corrected chi connectivity index (χ0v) is 15.2. The number of sulfonamides is 1. The molecule has 0 saturated carbocycles. The van der Waals surface area contributed by atoms with E-state index in [0.717, 1.165) is 0 Å². The minimum Gasteiger partial charge on any atom is -0.356 e. The van der Waals surface area contributed by atoms with Gasteiger partial charge < -0.3 is 5.32 Å². The predicted molar refractivity (Wildman–Crippen MR) is 92.1 cm³/mol. The average molecular weight is 379 g/mol. The number of carbonyl (C=O) groups is 1. The SMILES string of the molecule is CCNC(=O)[C@H]1CCCN(S(=O)(=O)Cc2ccc(Cl)c(Cl)c2)C1. The van der Waals surface area contributed by atoms with Crippen LogP contribution in [0.25, 0.3) is 0 Å². The number of amides is 1. The first kappa shape index (κ1) is 18.5. The molecule has 0 radical (unpaired) electrons. The lowest BCUT2D eigenvalue weighted by Crippen LogP contribution is -2.45. The van der Waals surface area contributed by atoms with Crippen molar-refractivity contribution in [1.29, 1.82) is 0 Å². The van der Waals surface area contributed by atoms with Crippen LogP contribution in [0, 0.1) is 5.92 Å². The molecule has 0 aliphatic carbocycles. The highest BCUT2D eigenvalue weighted by Gasteiger charge is 2.32. The van der Waals surface area contributed by atoms with Crippen LogP contribution in [0.1, 0.15) is 25.3 Å². The van der Waals surface area contributed by atoms with Crippen LogP contribution < -0.4 is 5.32 Å². The van der Waals surface area contributed by atoms with Crippen molar-refractivity contribution in [2.24, 2.45) is 5.92 Å². The van der Waals surface area contributed by atoms with Gasteiger partial charge >= 0.3 is 0 Å². The molecule has 2 rings (SSSR count). The van der Waals surface area contributed by atoms with Crippen LogP contribution >= 0.6 is 23.2 Å². The largest absolute Gasteiger partial charge is 0.356 e. The Balaban J connectivity index is 2.09. The Morgan fingerprint density at radius 2 is 2.09 bits per heavy atom. The maximum absolute atomic E-state index is 12.6. The minimum absolute atomic E-state index is 0.0815. The molecule has 1 aliphatic heterocycles. The van der Waals surface area contributed by atoms with Crippen molar-refractivity contribution in [2.75, 3.05) is 19.6 Å². The smallest absolute Gasteiger partial charge is 0.224 e. The maximum Gasteiger partial charge on any atom is 0.224 e. The molecule has 1 fully saturated rings. The third-order valence-corrected chi connectivity index (χ3v) is 6.39. The van der Waals surface area contributed by atoms with E-state index < -0.39 is 10.0 Å². The second kappa shape index (κ2) is 7.83. The molecule has 1 N–H and O–H groups in total. The van der Waals surface area contributed by atoms with Crippen molar-refractivity contribution in [3.63, 3.8) is 0 Å². The average Bonchev–Trinajstić information content (AvgIpc) is 2.51. The van der Waals surface area contributed by atoms with Gasteiger partial charge in [0.1, 0.15) is 0 Å². The third kappa shape index (κ3) is 4.83. The second-order valence-electron chi connectivity index (χ2n) is 5.60. The van der Waals surface area contributed by atoms with Gasteiger partial charge in [0.15, 0.2) is 0 Å². The fourth-order valence-corrected chi connectivity index (χ4v) is 4.58. The Labute approximate surface area is 147 Å². The summed E-state index contributed by atoms with van der Waals surface area (Å²) in [5.41, 5.74) is 0.583. The van der Waals surface area contributed by atoms with Gasteiger partial charge in [-0.25, -0.2) is 12.7 Å². The number of nitrogens with one attached hydrogen (secondary N) is 1. The second-order valence-corrected chi connectivity index (χ2v) is 8.38. The summed E-state index contributed by atoms with van der Waals surface area (Å²) >= 11 is 11.8. The quantitative estimate of drug-likeness (QED) is 0.856. The van der Waals surface area contributed by atoms with Crippen LogP contribution in [0.4, 0.5) is 0 Å². The highest BCUT2D eigenvalue weighted by atomic mass is 35.5. The van der Waals surface area contributed by atoms with E-state index in [9.17, 15) is 13.2 Å². The molecule has 0 bridgehead atoms. The van der Waals surface area contributed by atoms with E-state index in [1.807, 2.05) is 6.92 Å². The maximum atomic E-state index is 12.6. The summed E-state index contributed by atoms with van der Waals surface area (Å²) in [6.07, 6.45) is 1.40.